The maximum atomic E-state index is 11.3. The Balaban J connectivity index is 3.70. The summed E-state index contributed by atoms with van der Waals surface area (Å²) in [6.07, 6.45) is 0.423. The van der Waals surface area contributed by atoms with Crippen LogP contribution in [0.2, 0.25) is 10.0 Å². The first-order valence-electron chi connectivity index (χ1n) is 4.34. The van der Waals surface area contributed by atoms with Gasteiger partial charge >= 0.3 is 0 Å². The van der Waals surface area contributed by atoms with Crippen molar-refractivity contribution in [2.45, 2.75) is 20.3 Å². The number of hydrogen-bond donors (Lipinski definition) is 2. The third-order valence-electron chi connectivity index (χ3n) is 2.13. The van der Waals surface area contributed by atoms with Crippen LogP contribution in [0.1, 0.15) is 29.8 Å². The summed E-state index contributed by atoms with van der Waals surface area (Å²) < 4.78 is 0. The number of phenolic OH excluding ortho intramolecular Hbond substituents is 2. The number of hydrogen-bond acceptors (Lipinski definition) is 3. The first-order chi connectivity index (χ1) is 6.91. The molecule has 5 heteroatoms. The van der Waals surface area contributed by atoms with Gasteiger partial charge < -0.3 is 10.2 Å². The normalized spacial score (nSPS) is 10.4. The average molecular weight is 249 g/mol. The second-order valence-electron chi connectivity index (χ2n) is 3.09. The van der Waals surface area contributed by atoms with Crippen molar-refractivity contribution in [1.82, 2.24) is 0 Å². The lowest BCUT2D eigenvalue weighted by Gasteiger charge is -2.12. The number of Topliss-reactive ketones (excluding diaryl/α,β-unsaturated/α-hetero) is 1. The van der Waals surface area contributed by atoms with Gasteiger partial charge in [-0.3, -0.25) is 4.79 Å². The molecule has 0 aliphatic heterocycles. The Morgan fingerprint density at radius 3 is 2.13 bits per heavy atom. The van der Waals surface area contributed by atoms with Gasteiger partial charge in [0.25, 0.3) is 0 Å². The lowest BCUT2D eigenvalue weighted by Crippen LogP contribution is -2.01. The van der Waals surface area contributed by atoms with Gasteiger partial charge in [-0.1, -0.05) is 30.1 Å². The Labute approximate surface area is 97.2 Å². The molecule has 0 spiro atoms. The minimum atomic E-state index is -0.414. The van der Waals surface area contributed by atoms with Crippen molar-refractivity contribution in [3.05, 3.63) is 21.2 Å². The first-order valence-corrected chi connectivity index (χ1v) is 5.10. The highest BCUT2D eigenvalue weighted by molar-refractivity contribution is 6.39. The molecule has 0 aliphatic carbocycles. The molecule has 0 atom stereocenters. The number of aromatic hydroxyl groups is 2. The van der Waals surface area contributed by atoms with Gasteiger partial charge in [0.15, 0.2) is 11.5 Å². The van der Waals surface area contributed by atoms with Crippen LogP contribution in [0.3, 0.4) is 0 Å². The zero-order chi connectivity index (χ0) is 11.7. The Morgan fingerprint density at radius 2 is 1.73 bits per heavy atom. The third kappa shape index (κ3) is 1.90. The van der Waals surface area contributed by atoms with E-state index in [0.29, 0.717) is 12.0 Å². The first kappa shape index (κ1) is 12.1. The van der Waals surface area contributed by atoms with Crippen LogP contribution in [0.25, 0.3) is 0 Å². The number of ketones is 1. The molecule has 0 amide bonds. The summed E-state index contributed by atoms with van der Waals surface area (Å²) >= 11 is 11.4. The van der Waals surface area contributed by atoms with Crippen LogP contribution in [-0.4, -0.2) is 16.0 Å². The maximum absolute atomic E-state index is 11.3. The van der Waals surface area contributed by atoms with Crippen LogP contribution in [0.4, 0.5) is 0 Å². The van der Waals surface area contributed by atoms with Crippen LogP contribution in [-0.2, 0) is 6.42 Å². The van der Waals surface area contributed by atoms with Crippen molar-refractivity contribution in [3.8, 4) is 11.5 Å². The molecule has 1 rings (SSSR count). The van der Waals surface area contributed by atoms with Gasteiger partial charge in [0.05, 0.1) is 10.6 Å². The minimum absolute atomic E-state index is 0.0190. The van der Waals surface area contributed by atoms with Crippen molar-refractivity contribution >= 4 is 29.0 Å². The van der Waals surface area contributed by atoms with E-state index in [1.54, 1.807) is 6.92 Å². The summed E-state index contributed by atoms with van der Waals surface area (Å²) in [5, 5.41) is 18.8. The van der Waals surface area contributed by atoms with Gasteiger partial charge in [-0.2, -0.15) is 0 Å². The van der Waals surface area contributed by atoms with Crippen molar-refractivity contribution < 1.29 is 15.0 Å². The van der Waals surface area contributed by atoms with E-state index in [1.165, 1.54) is 6.92 Å². The van der Waals surface area contributed by atoms with Crippen LogP contribution in [0.15, 0.2) is 0 Å². The van der Waals surface area contributed by atoms with Crippen molar-refractivity contribution in [3.63, 3.8) is 0 Å². The fourth-order valence-corrected chi connectivity index (χ4v) is 1.99. The molecule has 0 saturated carbocycles. The van der Waals surface area contributed by atoms with E-state index in [-0.39, 0.29) is 21.4 Å². The van der Waals surface area contributed by atoms with Gasteiger partial charge in [-0.05, 0) is 18.9 Å². The summed E-state index contributed by atoms with van der Waals surface area (Å²) in [6.45, 7) is 3.07. The van der Waals surface area contributed by atoms with E-state index >= 15 is 0 Å². The van der Waals surface area contributed by atoms with Crippen LogP contribution in [0, 0.1) is 0 Å². The van der Waals surface area contributed by atoms with E-state index in [2.05, 4.69) is 0 Å². The average Bonchev–Trinajstić information content (AvgIpc) is 2.19. The predicted molar refractivity (Wildman–Crippen MR) is 59.2 cm³/mol. The van der Waals surface area contributed by atoms with E-state index in [4.69, 9.17) is 23.2 Å². The highest BCUT2D eigenvalue weighted by Gasteiger charge is 2.22. The molecule has 0 radical (unpaired) electrons. The molecule has 0 aliphatic rings. The summed E-state index contributed by atoms with van der Waals surface area (Å²) in [5.41, 5.74) is 0.480. The number of rotatable bonds is 2. The minimum Gasteiger partial charge on any atom is -0.505 e. The van der Waals surface area contributed by atoms with Gasteiger partial charge in [0.1, 0.15) is 10.8 Å². The van der Waals surface area contributed by atoms with Gasteiger partial charge in [0.2, 0.25) is 0 Å². The molecule has 0 saturated heterocycles. The molecule has 0 bridgehead atoms. The Morgan fingerprint density at radius 1 is 1.20 bits per heavy atom. The second kappa shape index (κ2) is 4.29. The molecule has 0 unspecified atom stereocenters. The van der Waals surface area contributed by atoms with E-state index < -0.39 is 11.5 Å². The summed E-state index contributed by atoms with van der Waals surface area (Å²) in [4.78, 5) is 11.3. The van der Waals surface area contributed by atoms with Crippen molar-refractivity contribution in [1.29, 1.82) is 0 Å². The Hall–Kier alpha value is -0.930. The smallest absolute Gasteiger partial charge is 0.163 e. The lowest BCUT2D eigenvalue weighted by atomic mass is 10.0. The largest absolute Gasteiger partial charge is 0.505 e. The maximum Gasteiger partial charge on any atom is 0.163 e. The highest BCUT2D eigenvalue weighted by Crippen LogP contribution is 2.44. The molecular weight excluding hydrogens is 239 g/mol. The van der Waals surface area contributed by atoms with E-state index in [9.17, 15) is 15.0 Å². The Bertz CT molecular complexity index is 427. The third-order valence-corrected chi connectivity index (χ3v) is 2.90. The quantitative estimate of drug-likeness (QED) is 0.791. The van der Waals surface area contributed by atoms with E-state index in [0.717, 1.165) is 0 Å². The number of phenols is 2. The van der Waals surface area contributed by atoms with Crippen molar-refractivity contribution in [2.24, 2.45) is 0 Å². The summed E-state index contributed by atoms with van der Waals surface area (Å²) in [6, 6.07) is 0. The summed E-state index contributed by atoms with van der Waals surface area (Å²) in [5.74, 6) is -1.14. The zero-order valence-corrected chi connectivity index (χ0v) is 9.78. The molecule has 15 heavy (non-hydrogen) atoms. The van der Waals surface area contributed by atoms with Crippen LogP contribution in [0.5, 0.6) is 11.5 Å². The number of benzene rings is 1. The molecule has 3 nitrogen and oxygen atoms in total. The number of carbonyl (C=O) groups is 1. The Kier molecular flexibility index (Phi) is 3.47. The molecule has 2 N–H and O–H groups in total. The molecule has 1 aromatic rings. The second-order valence-corrected chi connectivity index (χ2v) is 3.84. The van der Waals surface area contributed by atoms with Crippen LogP contribution >= 0.6 is 23.2 Å². The molecule has 0 fully saturated rings. The van der Waals surface area contributed by atoms with Gasteiger partial charge in [-0.15, -0.1) is 0 Å². The fourth-order valence-electron chi connectivity index (χ4n) is 1.43. The predicted octanol–water partition coefficient (Wildman–Crippen LogP) is 3.17. The zero-order valence-electron chi connectivity index (χ0n) is 8.27. The highest BCUT2D eigenvalue weighted by atomic mass is 35.5. The number of halogens is 2. The van der Waals surface area contributed by atoms with Gasteiger partial charge in [0, 0.05) is 0 Å². The number of carbonyl (C=O) groups excluding carboxylic acids is 1. The van der Waals surface area contributed by atoms with Crippen molar-refractivity contribution in [2.75, 3.05) is 0 Å². The molecular formula is C10H10Cl2O3. The monoisotopic (exact) mass is 248 g/mol. The molecule has 1 aromatic carbocycles. The van der Waals surface area contributed by atoms with Crippen LogP contribution < -0.4 is 0 Å². The van der Waals surface area contributed by atoms with Gasteiger partial charge in [-0.25, -0.2) is 0 Å². The SMILES string of the molecule is CCc1c(Cl)c(O)c(Cl)c(O)c1C(C)=O. The fraction of sp³-hybridized carbons (Fsp3) is 0.300. The topological polar surface area (TPSA) is 57.5 Å². The molecule has 0 aromatic heterocycles. The molecule has 0 heterocycles. The lowest BCUT2D eigenvalue weighted by molar-refractivity contribution is 0.101. The standard InChI is InChI=1S/C10H10Cl2O3/c1-3-5-6(4(2)13)9(14)8(12)10(15)7(5)11/h14-15H,3H2,1-2H3. The van der Waals surface area contributed by atoms with E-state index in [1.807, 2.05) is 0 Å². The molecule has 82 valence electrons. The summed E-state index contributed by atoms with van der Waals surface area (Å²) in [7, 11) is 0.